The maximum atomic E-state index is 12.4. The lowest BCUT2D eigenvalue weighted by atomic mass is 10.2. The first-order valence-corrected chi connectivity index (χ1v) is 7.76. The molecule has 1 N–H and O–H groups in total. The zero-order valence-corrected chi connectivity index (χ0v) is 13.9. The summed E-state index contributed by atoms with van der Waals surface area (Å²) in [4.78, 5) is 12.4. The smallest absolute Gasteiger partial charge is 0.259 e. The molecule has 0 aliphatic heterocycles. The van der Waals surface area contributed by atoms with E-state index in [4.69, 9.17) is 16.3 Å². The summed E-state index contributed by atoms with van der Waals surface area (Å²) in [7, 11) is 0. The van der Waals surface area contributed by atoms with E-state index in [1.165, 1.54) is 0 Å². The zero-order chi connectivity index (χ0) is 15.2. The topological polar surface area (TPSA) is 38.3 Å². The standard InChI is InChI=1S/C16H15BrClNO2/c1-2-9-21-15-8-5-12(18)10-14(15)16(20)19-13-6-3-11(17)4-7-13/h3-8,10H,2,9H2,1H3,(H,19,20). The van der Waals surface area contributed by atoms with Gasteiger partial charge in [-0.25, -0.2) is 0 Å². The van der Waals surface area contributed by atoms with Crippen molar-refractivity contribution in [1.29, 1.82) is 0 Å². The average molecular weight is 369 g/mol. The fraction of sp³-hybridized carbons (Fsp3) is 0.188. The Morgan fingerprint density at radius 1 is 1.24 bits per heavy atom. The number of hydrogen-bond donors (Lipinski definition) is 1. The van der Waals surface area contributed by atoms with Gasteiger partial charge in [0.25, 0.3) is 5.91 Å². The number of rotatable bonds is 5. The summed E-state index contributed by atoms with van der Waals surface area (Å²) < 4.78 is 6.55. The van der Waals surface area contributed by atoms with Crippen molar-refractivity contribution in [1.82, 2.24) is 0 Å². The van der Waals surface area contributed by atoms with Gasteiger partial charge in [0, 0.05) is 15.2 Å². The molecule has 2 aromatic rings. The number of anilines is 1. The fourth-order valence-corrected chi connectivity index (χ4v) is 2.19. The predicted octanol–water partition coefficient (Wildman–Crippen LogP) is 5.14. The molecule has 110 valence electrons. The van der Waals surface area contributed by atoms with Crippen LogP contribution in [-0.4, -0.2) is 12.5 Å². The number of carbonyl (C=O) groups excluding carboxylic acids is 1. The number of nitrogens with one attached hydrogen (secondary N) is 1. The molecule has 21 heavy (non-hydrogen) atoms. The summed E-state index contributed by atoms with van der Waals surface area (Å²) in [6.07, 6.45) is 0.871. The summed E-state index contributed by atoms with van der Waals surface area (Å²) in [5.41, 5.74) is 1.14. The molecule has 2 rings (SSSR count). The second kappa shape index (κ2) is 7.48. The van der Waals surface area contributed by atoms with Crippen LogP contribution in [0.3, 0.4) is 0 Å². The van der Waals surface area contributed by atoms with Gasteiger partial charge in [-0.3, -0.25) is 4.79 Å². The van der Waals surface area contributed by atoms with Crippen LogP contribution >= 0.6 is 27.5 Å². The molecule has 2 aromatic carbocycles. The minimum absolute atomic E-state index is 0.245. The largest absolute Gasteiger partial charge is 0.493 e. The molecule has 0 aliphatic rings. The molecular weight excluding hydrogens is 354 g/mol. The number of ether oxygens (including phenoxy) is 1. The fourth-order valence-electron chi connectivity index (χ4n) is 1.75. The monoisotopic (exact) mass is 367 g/mol. The van der Waals surface area contributed by atoms with E-state index in [0.717, 1.165) is 10.9 Å². The first-order valence-electron chi connectivity index (χ1n) is 6.59. The Labute approximate surface area is 137 Å². The van der Waals surface area contributed by atoms with Gasteiger partial charge in [-0.1, -0.05) is 34.5 Å². The number of hydrogen-bond acceptors (Lipinski definition) is 2. The van der Waals surface area contributed by atoms with Gasteiger partial charge < -0.3 is 10.1 Å². The molecule has 0 heterocycles. The highest BCUT2D eigenvalue weighted by atomic mass is 79.9. The van der Waals surface area contributed by atoms with Gasteiger partial charge in [-0.2, -0.15) is 0 Å². The van der Waals surface area contributed by atoms with Crippen molar-refractivity contribution in [3.8, 4) is 5.75 Å². The molecule has 0 unspecified atom stereocenters. The van der Waals surface area contributed by atoms with Crippen LogP contribution in [0.25, 0.3) is 0 Å². The van der Waals surface area contributed by atoms with Crippen LogP contribution in [0.5, 0.6) is 5.75 Å². The van der Waals surface area contributed by atoms with Gasteiger partial charge >= 0.3 is 0 Å². The van der Waals surface area contributed by atoms with Crippen molar-refractivity contribution in [2.75, 3.05) is 11.9 Å². The Morgan fingerprint density at radius 2 is 1.95 bits per heavy atom. The van der Waals surface area contributed by atoms with Gasteiger partial charge in [0.2, 0.25) is 0 Å². The average Bonchev–Trinajstić information content (AvgIpc) is 2.48. The summed E-state index contributed by atoms with van der Waals surface area (Å²) >= 11 is 9.33. The van der Waals surface area contributed by atoms with E-state index >= 15 is 0 Å². The SMILES string of the molecule is CCCOc1ccc(Cl)cc1C(=O)Nc1ccc(Br)cc1. The molecule has 0 atom stereocenters. The van der Waals surface area contributed by atoms with Crippen LogP contribution in [0.2, 0.25) is 5.02 Å². The van der Waals surface area contributed by atoms with Crippen molar-refractivity contribution in [3.05, 3.63) is 57.5 Å². The number of amides is 1. The third-order valence-corrected chi connectivity index (χ3v) is 3.51. The van der Waals surface area contributed by atoms with Crippen LogP contribution < -0.4 is 10.1 Å². The number of benzene rings is 2. The summed E-state index contributed by atoms with van der Waals surface area (Å²) in [6, 6.07) is 12.4. The quantitative estimate of drug-likeness (QED) is 0.793. The van der Waals surface area contributed by atoms with Crippen molar-refractivity contribution in [3.63, 3.8) is 0 Å². The Morgan fingerprint density at radius 3 is 2.62 bits per heavy atom. The second-order valence-corrected chi connectivity index (χ2v) is 5.80. The second-order valence-electron chi connectivity index (χ2n) is 4.45. The van der Waals surface area contributed by atoms with Crippen LogP contribution in [-0.2, 0) is 0 Å². The minimum atomic E-state index is -0.245. The van der Waals surface area contributed by atoms with E-state index in [9.17, 15) is 4.79 Å². The van der Waals surface area contributed by atoms with E-state index in [0.29, 0.717) is 28.6 Å². The summed E-state index contributed by atoms with van der Waals surface area (Å²) in [6.45, 7) is 2.57. The molecule has 3 nitrogen and oxygen atoms in total. The maximum absolute atomic E-state index is 12.4. The van der Waals surface area contributed by atoms with Gasteiger partial charge in [0.15, 0.2) is 0 Å². The highest BCUT2D eigenvalue weighted by molar-refractivity contribution is 9.10. The zero-order valence-electron chi connectivity index (χ0n) is 11.5. The lowest BCUT2D eigenvalue weighted by molar-refractivity contribution is 0.102. The molecule has 0 bridgehead atoms. The minimum Gasteiger partial charge on any atom is -0.493 e. The van der Waals surface area contributed by atoms with Crippen molar-refractivity contribution in [2.24, 2.45) is 0 Å². The van der Waals surface area contributed by atoms with E-state index in [-0.39, 0.29) is 5.91 Å². The lowest BCUT2D eigenvalue weighted by Gasteiger charge is -2.12. The molecule has 0 spiro atoms. The van der Waals surface area contributed by atoms with E-state index in [1.807, 2.05) is 31.2 Å². The molecule has 0 aromatic heterocycles. The molecule has 0 aliphatic carbocycles. The Balaban J connectivity index is 2.20. The summed E-state index contributed by atoms with van der Waals surface area (Å²) in [5, 5.41) is 3.33. The molecule has 0 radical (unpaired) electrons. The summed E-state index contributed by atoms with van der Waals surface area (Å²) in [5.74, 6) is 0.293. The van der Waals surface area contributed by atoms with E-state index < -0.39 is 0 Å². The highest BCUT2D eigenvalue weighted by Crippen LogP contribution is 2.24. The van der Waals surface area contributed by atoms with Crippen LogP contribution in [0.4, 0.5) is 5.69 Å². The maximum Gasteiger partial charge on any atom is 0.259 e. The third-order valence-electron chi connectivity index (χ3n) is 2.75. The molecule has 0 fully saturated rings. The predicted molar refractivity (Wildman–Crippen MR) is 89.3 cm³/mol. The molecule has 1 amide bonds. The Bertz CT molecular complexity index is 629. The van der Waals surface area contributed by atoms with Gasteiger partial charge in [-0.15, -0.1) is 0 Å². The Hall–Kier alpha value is -1.52. The van der Waals surface area contributed by atoms with Crippen molar-refractivity contribution >= 4 is 39.1 Å². The van der Waals surface area contributed by atoms with Crippen LogP contribution in [0, 0.1) is 0 Å². The molecule has 5 heteroatoms. The molecule has 0 saturated carbocycles. The van der Waals surface area contributed by atoms with Crippen molar-refractivity contribution < 1.29 is 9.53 Å². The molecule has 0 saturated heterocycles. The van der Waals surface area contributed by atoms with Crippen molar-refractivity contribution in [2.45, 2.75) is 13.3 Å². The first-order chi connectivity index (χ1) is 10.1. The highest BCUT2D eigenvalue weighted by Gasteiger charge is 2.13. The lowest BCUT2D eigenvalue weighted by Crippen LogP contribution is -2.14. The third kappa shape index (κ3) is 4.48. The van der Waals surface area contributed by atoms with Crippen LogP contribution in [0.15, 0.2) is 46.9 Å². The first kappa shape index (κ1) is 15.9. The Kier molecular flexibility index (Phi) is 5.65. The normalized spacial score (nSPS) is 10.2. The van der Waals surface area contributed by atoms with E-state index in [1.54, 1.807) is 18.2 Å². The van der Waals surface area contributed by atoms with E-state index in [2.05, 4.69) is 21.2 Å². The molecular formula is C16H15BrClNO2. The van der Waals surface area contributed by atoms with Crippen LogP contribution in [0.1, 0.15) is 23.7 Å². The number of halogens is 2. The number of carbonyl (C=O) groups is 1. The van der Waals surface area contributed by atoms with Gasteiger partial charge in [0.05, 0.1) is 12.2 Å². The van der Waals surface area contributed by atoms with Gasteiger partial charge in [-0.05, 0) is 48.9 Å². The van der Waals surface area contributed by atoms with Gasteiger partial charge in [0.1, 0.15) is 5.75 Å².